The van der Waals surface area contributed by atoms with Crippen LogP contribution in [0.15, 0.2) is 109 Å². The van der Waals surface area contributed by atoms with Gasteiger partial charge in [-0.2, -0.15) is 0 Å². The molecule has 0 aliphatic rings. The first-order chi connectivity index (χ1) is 36.0. The number of ether oxygens (including phenoxy) is 3. The quantitative estimate of drug-likeness (QED) is 0.0261. The molecule has 0 saturated heterocycles. The first-order valence-corrected chi connectivity index (χ1v) is 30.4. The molecule has 0 aromatic heterocycles. The largest absolute Gasteiger partial charge is 0.462 e. The molecule has 416 valence electrons. The first-order valence-electron chi connectivity index (χ1n) is 30.4. The van der Waals surface area contributed by atoms with Gasteiger partial charge in [0.1, 0.15) is 13.2 Å². The van der Waals surface area contributed by atoms with Gasteiger partial charge in [0, 0.05) is 19.3 Å². The van der Waals surface area contributed by atoms with E-state index in [1.54, 1.807) is 0 Å². The maximum Gasteiger partial charge on any atom is 0.306 e. The van der Waals surface area contributed by atoms with Gasteiger partial charge in [-0.1, -0.05) is 246 Å². The van der Waals surface area contributed by atoms with Crippen LogP contribution in [-0.2, 0) is 28.6 Å². The topological polar surface area (TPSA) is 78.9 Å². The van der Waals surface area contributed by atoms with Gasteiger partial charge in [-0.15, -0.1) is 0 Å². The Morgan fingerprint density at radius 3 is 0.849 bits per heavy atom. The van der Waals surface area contributed by atoms with Crippen LogP contribution in [0.5, 0.6) is 0 Å². The molecule has 0 aromatic rings. The fourth-order valence-corrected chi connectivity index (χ4v) is 8.24. The molecule has 0 bridgehead atoms. The molecule has 0 radical (unpaired) electrons. The summed E-state index contributed by atoms with van der Waals surface area (Å²) < 4.78 is 16.9. The summed E-state index contributed by atoms with van der Waals surface area (Å²) in [6.07, 6.45) is 82.2. The van der Waals surface area contributed by atoms with Crippen molar-refractivity contribution < 1.29 is 28.6 Å². The molecule has 0 saturated carbocycles. The van der Waals surface area contributed by atoms with E-state index >= 15 is 0 Å². The molecule has 0 rings (SSSR count). The number of unbranched alkanes of at least 4 members (excludes halogenated alkanes) is 25. The molecule has 0 amide bonds. The normalized spacial score (nSPS) is 12.9. The molecule has 1 unspecified atom stereocenters. The molecule has 0 N–H and O–H groups in total. The van der Waals surface area contributed by atoms with Gasteiger partial charge in [-0.05, 0) is 122 Å². The molecular formula is C67H112O6. The fraction of sp³-hybridized carbons (Fsp3) is 0.687. The number of hydrogen-bond donors (Lipinski definition) is 0. The molecule has 0 heterocycles. The lowest BCUT2D eigenvalue weighted by Gasteiger charge is -2.18. The number of allylic oxidation sites excluding steroid dienone is 18. The predicted octanol–water partition coefficient (Wildman–Crippen LogP) is 20.7. The lowest BCUT2D eigenvalue weighted by atomic mass is 10.1. The number of esters is 3. The molecule has 0 fully saturated rings. The minimum atomic E-state index is -0.799. The molecule has 0 aromatic carbocycles. The highest BCUT2D eigenvalue weighted by molar-refractivity contribution is 5.71. The molecule has 6 nitrogen and oxygen atoms in total. The van der Waals surface area contributed by atoms with Crippen LogP contribution >= 0.6 is 0 Å². The average Bonchev–Trinajstić information content (AvgIpc) is 3.39. The van der Waals surface area contributed by atoms with Crippen molar-refractivity contribution in [3.05, 3.63) is 109 Å². The molecular weight excluding hydrogens is 901 g/mol. The molecule has 73 heavy (non-hydrogen) atoms. The summed E-state index contributed by atoms with van der Waals surface area (Å²) in [6, 6.07) is 0. The van der Waals surface area contributed by atoms with Gasteiger partial charge in [0.2, 0.25) is 0 Å². The standard InChI is InChI=1S/C67H112O6/c1-4-7-10-13-16-19-22-25-28-31-33-36-39-42-45-48-51-54-57-60-66(69)72-63-64(62-71-65(68)59-56-53-50-47-44-41-38-35-30-27-24-21-18-15-12-9-6-3)73-67(70)61-58-55-52-49-46-43-40-37-34-32-29-26-23-20-17-14-11-8-5-2/h7,9-10,12,16,18-19,21,25-30,33,36,38,41,64H,4-6,8,11,13-15,17,20,22-24,31-32,34-35,37,39-40,42-63H2,1-3H3/b10-7-,12-9-,19-16-,21-18-,28-25-,29-26-,30-27-,36-33-,41-38-. The lowest BCUT2D eigenvalue weighted by molar-refractivity contribution is -0.167. The first kappa shape index (κ1) is 69.1. The summed E-state index contributed by atoms with van der Waals surface area (Å²) >= 11 is 0. The number of carbonyl (C=O) groups is 3. The van der Waals surface area contributed by atoms with Crippen LogP contribution in [0, 0.1) is 0 Å². The predicted molar refractivity (Wildman–Crippen MR) is 316 cm³/mol. The van der Waals surface area contributed by atoms with Crippen molar-refractivity contribution in [2.24, 2.45) is 0 Å². The van der Waals surface area contributed by atoms with Gasteiger partial charge in [0.15, 0.2) is 6.10 Å². The zero-order valence-corrected chi connectivity index (χ0v) is 47.6. The van der Waals surface area contributed by atoms with Crippen LogP contribution in [-0.4, -0.2) is 37.2 Å². The Hall–Kier alpha value is -3.93. The summed E-state index contributed by atoms with van der Waals surface area (Å²) in [5.74, 6) is -0.929. The second kappa shape index (κ2) is 60.6. The molecule has 6 heteroatoms. The van der Waals surface area contributed by atoms with E-state index in [1.807, 2.05) is 0 Å². The van der Waals surface area contributed by atoms with Crippen molar-refractivity contribution in [1.29, 1.82) is 0 Å². The summed E-state index contributed by atoms with van der Waals surface area (Å²) in [7, 11) is 0. The number of hydrogen-bond acceptors (Lipinski definition) is 6. The molecule has 0 aliphatic heterocycles. The SMILES string of the molecule is CC/C=C\C/C=C\C/C=C\C/C=C\CCCCCCCCC(=O)OCC(COC(=O)CCCCCC/C=C\C/C=C\C/C=C\C/C=C\CC)OC(=O)CCCCCCCCCCC/C=C\CCCCCCCC. The molecule has 1 atom stereocenters. The van der Waals surface area contributed by atoms with E-state index in [2.05, 4.69) is 130 Å². The van der Waals surface area contributed by atoms with E-state index < -0.39 is 6.10 Å². The monoisotopic (exact) mass is 1010 g/mol. The van der Waals surface area contributed by atoms with Crippen LogP contribution in [0.2, 0.25) is 0 Å². The highest BCUT2D eigenvalue weighted by atomic mass is 16.6. The zero-order valence-electron chi connectivity index (χ0n) is 47.6. The van der Waals surface area contributed by atoms with Crippen molar-refractivity contribution in [3.8, 4) is 0 Å². The summed E-state index contributed by atoms with van der Waals surface area (Å²) in [5.41, 5.74) is 0. The third-order valence-electron chi connectivity index (χ3n) is 12.7. The number of carbonyl (C=O) groups excluding carboxylic acids is 3. The fourth-order valence-electron chi connectivity index (χ4n) is 8.24. The Morgan fingerprint density at radius 2 is 0.534 bits per heavy atom. The van der Waals surface area contributed by atoms with Gasteiger partial charge in [-0.25, -0.2) is 0 Å². The van der Waals surface area contributed by atoms with E-state index in [0.29, 0.717) is 19.3 Å². The van der Waals surface area contributed by atoms with Crippen molar-refractivity contribution in [3.63, 3.8) is 0 Å². The average molecular weight is 1010 g/mol. The third kappa shape index (κ3) is 58.8. The highest BCUT2D eigenvalue weighted by Crippen LogP contribution is 2.15. The van der Waals surface area contributed by atoms with Crippen molar-refractivity contribution in [2.75, 3.05) is 13.2 Å². The molecule has 0 spiro atoms. The van der Waals surface area contributed by atoms with E-state index in [1.165, 1.54) is 103 Å². The maximum absolute atomic E-state index is 12.9. The van der Waals surface area contributed by atoms with Crippen LogP contribution in [0.1, 0.15) is 278 Å². The van der Waals surface area contributed by atoms with Crippen LogP contribution < -0.4 is 0 Å². The van der Waals surface area contributed by atoms with Gasteiger partial charge in [0.05, 0.1) is 0 Å². The van der Waals surface area contributed by atoms with Crippen molar-refractivity contribution in [1.82, 2.24) is 0 Å². The van der Waals surface area contributed by atoms with Crippen LogP contribution in [0.25, 0.3) is 0 Å². The van der Waals surface area contributed by atoms with E-state index in [4.69, 9.17) is 14.2 Å². The second-order valence-electron chi connectivity index (χ2n) is 19.8. The zero-order chi connectivity index (χ0) is 52.9. The Bertz CT molecular complexity index is 1490. The molecule has 0 aliphatic carbocycles. The summed E-state index contributed by atoms with van der Waals surface area (Å²) in [4.78, 5) is 38.3. The van der Waals surface area contributed by atoms with Crippen molar-refractivity contribution in [2.45, 2.75) is 284 Å². The Morgan fingerprint density at radius 1 is 0.288 bits per heavy atom. The Labute approximate surface area is 450 Å². The lowest BCUT2D eigenvalue weighted by Crippen LogP contribution is -2.30. The second-order valence-corrected chi connectivity index (χ2v) is 19.8. The van der Waals surface area contributed by atoms with E-state index in [-0.39, 0.29) is 31.1 Å². The maximum atomic E-state index is 12.9. The van der Waals surface area contributed by atoms with Gasteiger partial charge < -0.3 is 14.2 Å². The van der Waals surface area contributed by atoms with Gasteiger partial charge >= 0.3 is 17.9 Å². The van der Waals surface area contributed by atoms with E-state index in [0.717, 1.165) is 135 Å². The van der Waals surface area contributed by atoms with Crippen molar-refractivity contribution >= 4 is 17.9 Å². The van der Waals surface area contributed by atoms with Gasteiger partial charge in [-0.3, -0.25) is 14.4 Å². The Balaban J connectivity index is 4.46. The highest BCUT2D eigenvalue weighted by Gasteiger charge is 2.19. The van der Waals surface area contributed by atoms with E-state index in [9.17, 15) is 14.4 Å². The minimum Gasteiger partial charge on any atom is -0.462 e. The summed E-state index contributed by atoms with van der Waals surface area (Å²) in [6.45, 7) is 6.39. The smallest absolute Gasteiger partial charge is 0.306 e. The van der Waals surface area contributed by atoms with Crippen LogP contribution in [0.4, 0.5) is 0 Å². The van der Waals surface area contributed by atoms with Gasteiger partial charge in [0.25, 0.3) is 0 Å². The number of rotatable bonds is 54. The summed E-state index contributed by atoms with van der Waals surface area (Å²) in [5, 5.41) is 0. The van der Waals surface area contributed by atoms with Crippen LogP contribution in [0.3, 0.4) is 0 Å². The minimum absolute atomic E-state index is 0.0953. The Kier molecular flexibility index (Phi) is 57.4. The third-order valence-corrected chi connectivity index (χ3v) is 12.7.